The maximum absolute atomic E-state index is 13.0. The highest BCUT2D eigenvalue weighted by Crippen LogP contribution is 2.43. The minimum absolute atomic E-state index is 0.147. The lowest BCUT2D eigenvalue weighted by Gasteiger charge is -2.17. The molecule has 4 bridgehead atoms. The van der Waals surface area contributed by atoms with Crippen molar-refractivity contribution in [2.24, 2.45) is 0 Å². The molecule has 6 heteroatoms. The summed E-state index contributed by atoms with van der Waals surface area (Å²) in [5, 5.41) is 0. The average Bonchev–Trinajstić information content (AvgIpc) is 2.89. The van der Waals surface area contributed by atoms with Crippen LogP contribution < -0.4 is 0 Å². The minimum Gasteiger partial charge on any atom is -0.386 e. The molecule has 4 aromatic carbocycles. The van der Waals surface area contributed by atoms with Crippen LogP contribution in [0.25, 0.3) is 33.4 Å². The first kappa shape index (κ1) is 19.8. The fourth-order valence-electron chi connectivity index (χ4n) is 4.42. The van der Waals surface area contributed by atoms with Crippen molar-refractivity contribution in [1.82, 2.24) is 0 Å². The van der Waals surface area contributed by atoms with Gasteiger partial charge in [-0.25, -0.2) is 19.2 Å². The maximum atomic E-state index is 13.0. The highest BCUT2D eigenvalue weighted by atomic mass is 16.6. The molecule has 2 heterocycles. The van der Waals surface area contributed by atoms with Crippen molar-refractivity contribution in [3.63, 3.8) is 0 Å². The number of carbonyl (C=O) groups excluding carboxylic acids is 4. The molecule has 0 atom stereocenters. The van der Waals surface area contributed by atoms with Crippen molar-refractivity contribution >= 4 is 23.9 Å². The summed E-state index contributed by atoms with van der Waals surface area (Å²) in [5.74, 6) is -3.96. The molecular formula is C28H14O6. The monoisotopic (exact) mass is 446 g/mol. The smallest absolute Gasteiger partial charge is 0.346 e. The summed E-state index contributed by atoms with van der Waals surface area (Å²) in [6.45, 7) is 0. The van der Waals surface area contributed by atoms with Crippen LogP contribution in [-0.2, 0) is 9.47 Å². The normalized spacial score (nSPS) is 14.0. The summed E-state index contributed by atoms with van der Waals surface area (Å²) < 4.78 is 10.2. The van der Waals surface area contributed by atoms with E-state index >= 15 is 0 Å². The molecule has 0 aliphatic carbocycles. The van der Waals surface area contributed by atoms with Crippen LogP contribution >= 0.6 is 0 Å². The Bertz CT molecular complexity index is 1430. The zero-order valence-electron chi connectivity index (χ0n) is 17.5. The van der Waals surface area contributed by atoms with Gasteiger partial charge in [-0.1, -0.05) is 60.7 Å². The Morgan fingerprint density at radius 3 is 0.971 bits per heavy atom. The average molecular weight is 446 g/mol. The van der Waals surface area contributed by atoms with E-state index in [2.05, 4.69) is 0 Å². The lowest BCUT2D eigenvalue weighted by atomic mass is 9.85. The van der Waals surface area contributed by atoms with Crippen molar-refractivity contribution in [1.29, 1.82) is 0 Å². The Kier molecular flexibility index (Phi) is 4.28. The molecule has 0 unspecified atom stereocenters. The molecule has 6 nitrogen and oxygen atoms in total. The Morgan fingerprint density at radius 2 is 0.647 bits per heavy atom. The van der Waals surface area contributed by atoms with Crippen molar-refractivity contribution in [3.8, 4) is 33.4 Å². The van der Waals surface area contributed by atoms with Crippen LogP contribution in [0, 0.1) is 0 Å². The van der Waals surface area contributed by atoms with Gasteiger partial charge in [0.25, 0.3) is 0 Å². The maximum Gasteiger partial charge on any atom is 0.346 e. The first-order chi connectivity index (χ1) is 16.5. The van der Waals surface area contributed by atoms with Crippen LogP contribution in [0.5, 0.6) is 0 Å². The molecule has 34 heavy (non-hydrogen) atoms. The van der Waals surface area contributed by atoms with Gasteiger partial charge in [0.1, 0.15) is 0 Å². The molecule has 162 valence electrons. The van der Waals surface area contributed by atoms with E-state index in [1.54, 1.807) is 0 Å². The number of esters is 4. The van der Waals surface area contributed by atoms with Gasteiger partial charge in [-0.3, -0.25) is 0 Å². The molecule has 0 amide bonds. The van der Waals surface area contributed by atoms with Gasteiger partial charge < -0.3 is 9.47 Å². The number of fused-ring (bicyclic) bond motifs is 5. The van der Waals surface area contributed by atoms with Crippen molar-refractivity contribution in [2.45, 2.75) is 0 Å². The molecule has 4 aromatic rings. The number of benzene rings is 4. The summed E-state index contributed by atoms with van der Waals surface area (Å²) in [6.07, 6.45) is 0. The Hall–Kier alpha value is -4.84. The molecule has 0 radical (unpaired) electrons. The topological polar surface area (TPSA) is 86.7 Å². The van der Waals surface area contributed by atoms with Crippen LogP contribution in [-0.4, -0.2) is 23.9 Å². The fourth-order valence-corrected chi connectivity index (χ4v) is 4.42. The third-order valence-corrected chi connectivity index (χ3v) is 6.03. The van der Waals surface area contributed by atoms with E-state index < -0.39 is 23.9 Å². The lowest BCUT2D eigenvalue weighted by Crippen LogP contribution is -2.23. The standard InChI is InChI=1S/C28H14O6/c29-25-21-11-17(15-7-3-1-4-8-15)19-13-23(21)27(31)34-28(32)24-14-20(19)18(12-22(24)26(30)33-25)16-9-5-2-6-10-16/h1-14H. The van der Waals surface area contributed by atoms with Crippen LogP contribution in [0.4, 0.5) is 0 Å². The van der Waals surface area contributed by atoms with Gasteiger partial charge in [0.15, 0.2) is 0 Å². The van der Waals surface area contributed by atoms with Gasteiger partial charge in [0.05, 0.1) is 22.3 Å². The second-order valence-electron chi connectivity index (χ2n) is 7.97. The molecule has 0 N–H and O–H groups in total. The van der Waals surface area contributed by atoms with Gasteiger partial charge >= 0.3 is 23.9 Å². The number of rotatable bonds is 2. The number of hydrogen-bond acceptors (Lipinski definition) is 6. The first-order valence-corrected chi connectivity index (χ1v) is 10.5. The predicted molar refractivity (Wildman–Crippen MR) is 122 cm³/mol. The summed E-state index contributed by atoms with van der Waals surface area (Å²) in [7, 11) is 0. The molecule has 2 aliphatic rings. The largest absolute Gasteiger partial charge is 0.386 e. The Labute approximate surface area is 193 Å². The zero-order chi connectivity index (χ0) is 23.4. The Balaban J connectivity index is 1.83. The van der Waals surface area contributed by atoms with E-state index in [4.69, 9.17) is 9.47 Å². The highest BCUT2D eigenvalue weighted by Gasteiger charge is 2.34. The second-order valence-corrected chi connectivity index (χ2v) is 7.97. The van der Waals surface area contributed by atoms with Gasteiger partial charge in [-0.15, -0.1) is 0 Å². The minimum atomic E-state index is -0.994. The van der Waals surface area contributed by atoms with Crippen molar-refractivity contribution < 1.29 is 28.7 Å². The predicted octanol–water partition coefficient (Wildman–Crippen LogP) is 5.31. The van der Waals surface area contributed by atoms with Crippen molar-refractivity contribution in [2.75, 3.05) is 0 Å². The number of ether oxygens (including phenoxy) is 2. The molecule has 2 aliphatic heterocycles. The van der Waals surface area contributed by atoms with Crippen LogP contribution in [0.1, 0.15) is 41.4 Å². The molecular weight excluding hydrogens is 432 g/mol. The summed E-state index contributed by atoms with van der Waals surface area (Å²) in [6, 6.07) is 24.7. The molecule has 0 fully saturated rings. The Morgan fingerprint density at radius 1 is 0.353 bits per heavy atom. The summed E-state index contributed by atoms with van der Waals surface area (Å²) in [5.41, 5.74) is 3.49. The van der Waals surface area contributed by atoms with Gasteiger partial charge in [0, 0.05) is 0 Å². The zero-order valence-corrected chi connectivity index (χ0v) is 17.5. The van der Waals surface area contributed by atoms with Gasteiger partial charge in [-0.2, -0.15) is 0 Å². The molecule has 0 saturated heterocycles. The summed E-state index contributed by atoms with van der Waals surface area (Å²) in [4.78, 5) is 51.9. The lowest BCUT2D eigenvalue weighted by molar-refractivity contribution is 0.0334. The number of carbonyl (C=O) groups is 4. The van der Waals surface area contributed by atoms with Crippen LogP contribution in [0.15, 0.2) is 84.9 Å². The third kappa shape index (κ3) is 2.97. The van der Waals surface area contributed by atoms with Gasteiger partial charge in [0.2, 0.25) is 0 Å². The SMILES string of the molecule is O=C1OC(=O)c2cc(-c3ccccc3)c3cc2C(=O)OC(=O)c2cc-3c(-c3ccccc3)cc21. The number of hydrogen-bond donors (Lipinski definition) is 0. The molecule has 0 saturated carbocycles. The van der Waals surface area contributed by atoms with E-state index in [0.29, 0.717) is 22.3 Å². The molecule has 0 aromatic heterocycles. The number of cyclic esters (lactones) is 2. The van der Waals surface area contributed by atoms with E-state index in [1.165, 1.54) is 24.3 Å². The van der Waals surface area contributed by atoms with E-state index in [1.807, 2.05) is 60.7 Å². The van der Waals surface area contributed by atoms with Gasteiger partial charge in [-0.05, 0) is 57.6 Å². The fraction of sp³-hybridized carbons (Fsp3) is 0. The third-order valence-electron chi connectivity index (χ3n) is 6.03. The first-order valence-electron chi connectivity index (χ1n) is 10.5. The summed E-state index contributed by atoms with van der Waals surface area (Å²) >= 11 is 0. The van der Waals surface area contributed by atoms with Crippen LogP contribution in [0.2, 0.25) is 0 Å². The second kappa shape index (κ2) is 7.35. The van der Waals surface area contributed by atoms with E-state index in [9.17, 15) is 19.2 Å². The molecule has 0 spiro atoms. The van der Waals surface area contributed by atoms with Crippen molar-refractivity contribution in [3.05, 3.63) is 107 Å². The van der Waals surface area contributed by atoms with Crippen LogP contribution in [0.3, 0.4) is 0 Å². The molecule has 6 rings (SSSR count). The van der Waals surface area contributed by atoms with E-state index in [-0.39, 0.29) is 22.3 Å². The van der Waals surface area contributed by atoms with E-state index in [0.717, 1.165) is 11.1 Å². The highest BCUT2D eigenvalue weighted by molar-refractivity contribution is 6.18. The quantitative estimate of drug-likeness (QED) is 0.306.